The second-order valence-electron chi connectivity index (χ2n) is 5.29. The molecule has 0 heterocycles. The molecule has 2 rings (SSSR count). The van der Waals surface area contributed by atoms with Crippen molar-refractivity contribution in [2.75, 3.05) is 14.2 Å². The van der Waals surface area contributed by atoms with E-state index in [1.54, 1.807) is 37.4 Å². The van der Waals surface area contributed by atoms with Gasteiger partial charge in [-0.25, -0.2) is 9.18 Å². The number of amides is 2. The predicted octanol–water partition coefficient (Wildman–Crippen LogP) is 3.05. The van der Waals surface area contributed by atoms with Crippen LogP contribution in [0.3, 0.4) is 0 Å². The minimum Gasteiger partial charge on any atom is -0.494 e. The Labute approximate surface area is 140 Å². The molecule has 0 aliphatic heterocycles. The van der Waals surface area contributed by atoms with Gasteiger partial charge in [0.05, 0.1) is 18.7 Å². The van der Waals surface area contributed by atoms with Crippen molar-refractivity contribution in [3.05, 3.63) is 65.0 Å². The molecule has 0 aliphatic carbocycles. The number of hydrogen-bond donors (Lipinski definition) is 1. The number of ether oxygens (including phenoxy) is 1. The van der Waals surface area contributed by atoms with Gasteiger partial charge in [-0.3, -0.25) is 0 Å². The molecule has 0 bridgehead atoms. The van der Waals surface area contributed by atoms with Crippen molar-refractivity contribution in [3.63, 3.8) is 0 Å². The second kappa shape index (κ2) is 7.97. The number of benzene rings is 2. The van der Waals surface area contributed by atoms with Crippen LogP contribution >= 0.6 is 0 Å². The maximum Gasteiger partial charge on any atom is 0.317 e. The van der Waals surface area contributed by atoms with Crippen molar-refractivity contribution in [2.24, 2.45) is 0 Å². The van der Waals surface area contributed by atoms with E-state index in [1.807, 2.05) is 6.07 Å². The molecule has 0 fully saturated rings. The van der Waals surface area contributed by atoms with Crippen molar-refractivity contribution in [3.8, 4) is 11.8 Å². The molecule has 124 valence electrons. The highest BCUT2D eigenvalue weighted by atomic mass is 19.1. The zero-order chi connectivity index (χ0) is 17.5. The summed E-state index contributed by atoms with van der Waals surface area (Å²) >= 11 is 0. The first-order chi connectivity index (χ1) is 11.5. The van der Waals surface area contributed by atoms with Crippen molar-refractivity contribution >= 4 is 6.03 Å². The molecular formula is C18H18FN3O2. The lowest BCUT2D eigenvalue weighted by molar-refractivity contribution is 0.206. The van der Waals surface area contributed by atoms with Crippen molar-refractivity contribution in [1.82, 2.24) is 10.2 Å². The third-order valence-electron chi connectivity index (χ3n) is 3.51. The highest BCUT2D eigenvalue weighted by Crippen LogP contribution is 2.17. The van der Waals surface area contributed by atoms with Crippen LogP contribution in [0.5, 0.6) is 5.75 Å². The number of methoxy groups -OCH3 is 1. The van der Waals surface area contributed by atoms with E-state index in [1.165, 1.54) is 24.1 Å². The van der Waals surface area contributed by atoms with E-state index >= 15 is 0 Å². The normalized spacial score (nSPS) is 9.92. The molecule has 2 amide bonds. The van der Waals surface area contributed by atoms with E-state index in [0.29, 0.717) is 17.7 Å². The van der Waals surface area contributed by atoms with Crippen LogP contribution in [0.25, 0.3) is 0 Å². The molecule has 0 atom stereocenters. The number of urea groups is 1. The molecule has 2 aromatic carbocycles. The zero-order valence-corrected chi connectivity index (χ0v) is 13.5. The summed E-state index contributed by atoms with van der Waals surface area (Å²) < 4.78 is 18.5. The summed E-state index contributed by atoms with van der Waals surface area (Å²) in [6.07, 6.45) is 0. The average molecular weight is 327 g/mol. The topological polar surface area (TPSA) is 65.4 Å². The molecule has 6 heteroatoms. The predicted molar refractivity (Wildman–Crippen MR) is 87.8 cm³/mol. The van der Waals surface area contributed by atoms with Crippen LogP contribution in [0.4, 0.5) is 9.18 Å². The summed E-state index contributed by atoms with van der Waals surface area (Å²) in [5, 5.41) is 11.5. The first-order valence-electron chi connectivity index (χ1n) is 7.34. The number of rotatable bonds is 5. The number of hydrogen-bond acceptors (Lipinski definition) is 3. The average Bonchev–Trinajstić information content (AvgIpc) is 2.60. The van der Waals surface area contributed by atoms with Crippen molar-refractivity contribution < 1.29 is 13.9 Å². The number of carbonyl (C=O) groups is 1. The summed E-state index contributed by atoms with van der Waals surface area (Å²) in [6.45, 7) is 0.631. The van der Waals surface area contributed by atoms with Gasteiger partial charge in [-0.1, -0.05) is 18.2 Å². The molecule has 0 saturated carbocycles. The maximum atomic E-state index is 13.6. The molecule has 0 unspecified atom stereocenters. The SMILES string of the molecule is COc1ccc(CNC(=O)N(C)Cc2ccc(C#N)cc2)cc1F. The second-order valence-corrected chi connectivity index (χ2v) is 5.29. The Morgan fingerprint density at radius 2 is 1.92 bits per heavy atom. The fourth-order valence-corrected chi connectivity index (χ4v) is 2.16. The largest absolute Gasteiger partial charge is 0.494 e. The minimum atomic E-state index is -0.463. The van der Waals surface area contributed by atoms with Gasteiger partial charge >= 0.3 is 6.03 Å². The summed E-state index contributed by atoms with van der Waals surface area (Å²) in [5.74, 6) is -0.293. The lowest BCUT2D eigenvalue weighted by Crippen LogP contribution is -2.36. The van der Waals surface area contributed by atoms with E-state index in [-0.39, 0.29) is 18.3 Å². The molecular weight excluding hydrogens is 309 g/mol. The summed E-state index contributed by atoms with van der Waals surface area (Å²) in [6, 6.07) is 13.4. The van der Waals surface area contributed by atoms with E-state index < -0.39 is 5.82 Å². The van der Waals surface area contributed by atoms with Gasteiger partial charge < -0.3 is 15.0 Å². The number of nitriles is 1. The Balaban J connectivity index is 1.89. The van der Waals surface area contributed by atoms with Gasteiger partial charge in [0.1, 0.15) is 0 Å². The summed E-state index contributed by atoms with van der Waals surface area (Å²) in [5.41, 5.74) is 2.14. The quantitative estimate of drug-likeness (QED) is 0.918. The van der Waals surface area contributed by atoms with Crippen LogP contribution in [0.1, 0.15) is 16.7 Å². The van der Waals surface area contributed by atoms with E-state index in [4.69, 9.17) is 10.00 Å². The summed E-state index contributed by atoms with van der Waals surface area (Å²) in [7, 11) is 3.07. The lowest BCUT2D eigenvalue weighted by atomic mass is 10.1. The number of halogens is 1. The molecule has 1 N–H and O–H groups in total. The smallest absolute Gasteiger partial charge is 0.317 e. The zero-order valence-electron chi connectivity index (χ0n) is 13.5. The molecule has 0 aliphatic rings. The van der Waals surface area contributed by atoms with E-state index in [0.717, 1.165) is 5.56 Å². The summed E-state index contributed by atoms with van der Waals surface area (Å²) in [4.78, 5) is 13.6. The number of carbonyl (C=O) groups excluding carboxylic acids is 1. The van der Waals surface area contributed by atoms with Gasteiger partial charge in [-0.05, 0) is 35.4 Å². The van der Waals surface area contributed by atoms with Crippen LogP contribution in [-0.2, 0) is 13.1 Å². The first kappa shape index (κ1) is 17.3. The fraction of sp³-hybridized carbons (Fsp3) is 0.222. The molecule has 0 aromatic heterocycles. The highest BCUT2D eigenvalue weighted by molar-refractivity contribution is 5.73. The van der Waals surface area contributed by atoms with Crippen LogP contribution in [0, 0.1) is 17.1 Å². The molecule has 2 aromatic rings. The van der Waals surface area contributed by atoms with Crippen LogP contribution < -0.4 is 10.1 Å². The van der Waals surface area contributed by atoms with Gasteiger partial charge in [-0.2, -0.15) is 5.26 Å². The Morgan fingerprint density at radius 1 is 1.25 bits per heavy atom. The van der Waals surface area contributed by atoms with Crippen molar-refractivity contribution in [1.29, 1.82) is 5.26 Å². The maximum absolute atomic E-state index is 13.6. The molecule has 0 spiro atoms. The molecule has 5 nitrogen and oxygen atoms in total. The van der Waals surface area contributed by atoms with Crippen LogP contribution in [0.15, 0.2) is 42.5 Å². The van der Waals surface area contributed by atoms with Crippen molar-refractivity contribution in [2.45, 2.75) is 13.1 Å². The van der Waals surface area contributed by atoms with Gasteiger partial charge in [-0.15, -0.1) is 0 Å². The fourth-order valence-electron chi connectivity index (χ4n) is 2.16. The van der Waals surface area contributed by atoms with Gasteiger partial charge in [0.25, 0.3) is 0 Å². The molecule has 0 radical (unpaired) electrons. The Morgan fingerprint density at radius 3 is 2.50 bits per heavy atom. The monoisotopic (exact) mass is 327 g/mol. The molecule has 0 saturated heterocycles. The standard InChI is InChI=1S/C18H18FN3O2/c1-22(12-14-5-3-13(10-20)4-6-14)18(23)21-11-15-7-8-17(24-2)16(19)9-15/h3-9H,11-12H2,1-2H3,(H,21,23). The number of nitrogens with zero attached hydrogens (tertiary/aromatic N) is 2. The van der Waals surface area contributed by atoms with Crippen LogP contribution in [0.2, 0.25) is 0 Å². The lowest BCUT2D eigenvalue weighted by Gasteiger charge is -2.18. The first-order valence-corrected chi connectivity index (χ1v) is 7.34. The molecule has 24 heavy (non-hydrogen) atoms. The Bertz CT molecular complexity index is 754. The van der Waals surface area contributed by atoms with E-state index in [2.05, 4.69) is 5.32 Å². The Kier molecular flexibility index (Phi) is 5.74. The van der Waals surface area contributed by atoms with Gasteiger partial charge in [0.2, 0.25) is 0 Å². The van der Waals surface area contributed by atoms with Gasteiger partial charge in [0, 0.05) is 20.1 Å². The highest BCUT2D eigenvalue weighted by Gasteiger charge is 2.10. The number of nitrogens with one attached hydrogen (secondary N) is 1. The van der Waals surface area contributed by atoms with Gasteiger partial charge in [0.15, 0.2) is 11.6 Å². The van der Waals surface area contributed by atoms with Crippen LogP contribution in [-0.4, -0.2) is 25.1 Å². The Hall–Kier alpha value is -3.07. The minimum absolute atomic E-state index is 0.169. The van der Waals surface area contributed by atoms with E-state index in [9.17, 15) is 9.18 Å². The third-order valence-corrected chi connectivity index (χ3v) is 3.51. The third kappa shape index (κ3) is 4.46.